The van der Waals surface area contributed by atoms with E-state index in [2.05, 4.69) is 27.0 Å². The standard InChI is InChI=1S/C17H29N5O3S/c1-4-22-13(2)14(9-18-22)10-21-11-15(20-26(3,24)25)16(23)19-17(12-21)7-5-6-8-17/h9,15,20H,4-8,10-12H2,1-3H3,(H,19,23). The van der Waals surface area contributed by atoms with Gasteiger partial charge in [0.1, 0.15) is 6.04 Å². The Morgan fingerprint density at radius 1 is 1.38 bits per heavy atom. The Bertz CT molecular complexity index is 767. The van der Waals surface area contributed by atoms with Gasteiger partial charge in [0.2, 0.25) is 15.9 Å². The second-order valence-corrected chi connectivity index (χ2v) is 9.44. The van der Waals surface area contributed by atoms with Gasteiger partial charge in [-0.25, -0.2) is 13.1 Å². The summed E-state index contributed by atoms with van der Waals surface area (Å²) >= 11 is 0. The minimum atomic E-state index is -3.47. The van der Waals surface area contributed by atoms with Crippen LogP contribution in [-0.2, 0) is 27.9 Å². The fraction of sp³-hybridized carbons (Fsp3) is 0.765. The van der Waals surface area contributed by atoms with Gasteiger partial charge in [-0.15, -0.1) is 0 Å². The maximum atomic E-state index is 12.7. The van der Waals surface area contributed by atoms with Gasteiger partial charge in [-0.05, 0) is 26.7 Å². The van der Waals surface area contributed by atoms with E-state index >= 15 is 0 Å². The molecular weight excluding hydrogens is 354 g/mol. The summed E-state index contributed by atoms with van der Waals surface area (Å²) in [6, 6.07) is -0.772. The molecule has 1 unspecified atom stereocenters. The molecule has 1 spiro atoms. The molecule has 1 aliphatic carbocycles. The summed E-state index contributed by atoms with van der Waals surface area (Å²) in [6.07, 6.45) is 7.02. The molecule has 2 aliphatic rings. The van der Waals surface area contributed by atoms with Crippen molar-refractivity contribution in [3.63, 3.8) is 0 Å². The number of aromatic nitrogens is 2. The van der Waals surface area contributed by atoms with E-state index in [0.29, 0.717) is 13.1 Å². The molecule has 0 radical (unpaired) electrons. The number of sulfonamides is 1. The largest absolute Gasteiger partial charge is 0.348 e. The lowest BCUT2D eigenvalue weighted by Gasteiger charge is -2.32. The number of nitrogens with zero attached hydrogens (tertiary/aromatic N) is 3. The van der Waals surface area contributed by atoms with Crippen LogP contribution < -0.4 is 10.0 Å². The van der Waals surface area contributed by atoms with Crippen molar-refractivity contribution in [2.75, 3.05) is 19.3 Å². The molecule has 1 aromatic heterocycles. The molecule has 2 heterocycles. The quantitative estimate of drug-likeness (QED) is 0.766. The predicted octanol–water partition coefficient (Wildman–Crippen LogP) is 0.374. The highest BCUT2D eigenvalue weighted by molar-refractivity contribution is 7.88. The first kappa shape index (κ1) is 19.3. The SMILES string of the molecule is CCn1ncc(CN2CC(NS(C)(=O)=O)C(=O)NC3(CCCC3)C2)c1C. The Morgan fingerprint density at radius 3 is 2.65 bits per heavy atom. The maximum Gasteiger partial charge on any atom is 0.239 e. The van der Waals surface area contributed by atoms with Gasteiger partial charge in [0.15, 0.2) is 0 Å². The number of hydrogen-bond donors (Lipinski definition) is 2. The summed E-state index contributed by atoms with van der Waals surface area (Å²) in [6.45, 7) is 6.66. The van der Waals surface area contributed by atoms with Crippen molar-refractivity contribution in [2.45, 2.75) is 64.2 Å². The van der Waals surface area contributed by atoms with Gasteiger partial charge in [0.05, 0.1) is 18.0 Å². The van der Waals surface area contributed by atoms with Gasteiger partial charge in [0.25, 0.3) is 0 Å². The lowest BCUT2D eigenvalue weighted by molar-refractivity contribution is -0.123. The maximum absolute atomic E-state index is 12.7. The summed E-state index contributed by atoms with van der Waals surface area (Å²) in [7, 11) is -3.47. The molecule has 146 valence electrons. The fourth-order valence-electron chi connectivity index (χ4n) is 4.23. The van der Waals surface area contributed by atoms with Crippen molar-refractivity contribution < 1.29 is 13.2 Å². The molecule has 1 aromatic rings. The van der Waals surface area contributed by atoms with Crippen LogP contribution in [0, 0.1) is 6.92 Å². The van der Waals surface area contributed by atoms with E-state index in [-0.39, 0.29) is 11.4 Å². The van der Waals surface area contributed by atoms with E-state index in [4.69, 9.17) is 0 Å². The molecule has 2 fully saturated rings. The molecule has 1 saturated heterocycles. The van der Waals surface area contributed by atoms with E-state index in [1.54, 1.807) is 0 Å². The molecule has 1 saturated carbocycles. The zero-order valence-electron chi connectivity index (χ0n) is 15.8. The number of hydrogen-bond acceptors (Lipinski definition) is 5. The van der Waals surface area contributed by atoms with Crippen molar-refractivity contribution in [1.82, 2.24) is 24.7 Å². The highest BCUT2D eigenvalue weighted by Gasteiger charge is 2.42. The lowest BCUT2D eigenvalue weighted by atomic mass is 9.97. The highest BCUT2D eigenvalue weighted by Crippen LogP contribution is 2.32. The first-order chi connectivity index (χ1) is 12.2. The average Bonchev–Trinajstić information content (AvgIpc) is 3.09. The summed E-state index contributed by atoms with van der Waals surface area (Å²) in [5.41, 5.74) is 1.98. The van der Waals surface area contributed by atoms with Crippen LogP contribution in [0.3, 0.4) is 0 Å². The lowest BCUT2D eigenvalue weighted by Crippen LogP contribution is -2.54. The number of aryl methyl sites for hydroxylation is 1. The third-order valence-electron chi connectivity index (χ3n) is 5.49. The first-order valence-corrected chi connectivity index (χ1v) is 11.1. The monoisotopic (exact) mass is 383 g/mol. The minimum Gasteiger partial charge on any atom is -0.348 e. The number of carbonyl (C=O) groups excluding carboxylic acids is 1. The molecule has 1 aliphatic heterocycles. The molecule has 2 N–H and O–H groups in total. The van der Waals surface area contributed by atoms with Crippen molar-refractivity contribution in [1.29, 1.82) is 0 Å². The van der Waals surface area contributed by atoms with Crippen LogP contribution in [0.4, 0.5) is 0 Å². The van der Waals surface area contributed by atoms with Crippen molar-refractivity contribution >= 4 is 15.9 Å². The van der Waals surface area contributed by atoms with Crippen LogP contribution in [-0.4, -0.2) is 59.9 Å². The van der Waals surface area contributed by atoms with Crippen LogP contribution in [0.2, 0.25) is 0 Å². The molecule has 0 aromatic carbocycles. The molecule has 1 amide bonds. The van der Waals surface area contributed by atoms with E-state index in [1.165, 1.54) is 0 Å². The Morgan fingerprint density at radius 2 is 2.08 bits per heavy atom. The third kappa shape index (κ3) is 4.27. The number of carbonyl (C=O) groups is 1. The van der Waals surface area contributed by atoms with Crippen molar-refractivity contribution in [3.05, 3.63) is 17.5 Å². The second kappa shape index (κ2) is 7.28. The number of rotatable bonds is 5. The van der Waals surface area contributed by atoms with Crippen molar-refractivity contribution in [3.8, 4) is 0 Å². The number of amides is 1. The highest BCUT2D eigenvalue weighted by atomic mass is 32.2. The molecular formula is C17H29N5O3S. The minimum absolute atomic E-state index is 0.221. The Kier molecular flexibility index (Phi) is 5.41. The summed E-state index contributed by atoms with van der Waals surface area (Å²) in [4.78, 5) is 14.9. The van der Waals surface area contributed by atoms with Gasteiger partial charge in [-0.2, -0.15) is 5.10 Å². The Labute approximate surface area is 155 Å². The fourth-order valence-corrected chi connectivity index (χ4v) is 4.92. The summed E-state index contributed by atoms with van der Waals surface area (Å²) in [5, 5.41) is 7.55. The van der Waals surface area contributed by atoms with E-state index < -0.39 is 16.1 Å². The van der Waals surface area contributed by atoms with Gasteiger partial charge in [-0.3, -0.25) is 14.4 Å². The molecule has 9 heteroatoms. The Hall–Kier alpha value is -1.45. The first-order valence-electron chi connectivity index (χ1n) is 9.24. The average molecular weight is 384 g/mol. The predicted molar refractivity (Wildman–Crippen MR) is 99.0 cm³/mol. The van der Waals surface area contributed by atoms with Gasteiger partial charge < -0.3 is 5.32 Å². The van der Waals surface area contributed by atoms with Gasteiger partial charge >= 0.3 is 0 Å². The summed E-state index contributed by atoms with van der Waals surface area (Å²) in [5.74, 6) is -0.221. The zero-order valence-corrected chi connectivity index (χ0v) is 16.6. The van der Waals surface area contributed by atoms with E-state index in [0.717, 1.165) is 56.3 Å². The molecule has 3 rings (SSSR count). The topological polar surface area (TPSA) is 96.3 Å². The van der Waals surface area contributed by atoms with Crippen LogP contribution in [0.25, 0.3) is 0 Å². The van der Waals surface area contributed by atoms with Gasteiger partial charge in [0, 0.05) is 37.4 Å². The second-order valence-electron chi connectivity index (χ2n) is 7.66. The molecule has 8 nitrogen and oxygen atoms in total. The smallest absolute Gasteiger partial charge is 0.239 e. The third-order valence-corrected chi connectivity index (χ3v) is 6.20. The molecule has 1 atom stereocenters. The van der Waals surface area contributed by atoms with E-state index in [9.17, 15) is 13.2 Å². The molecule has 0 bridgehead atoms. The zero-order chi connectivity index (χ0) is 18.9. The van der Waals surface area contributed by atoms with Crippen LogP contribution in [0.15, 0.2) is 6.20 Å². The van der Waals surface area contributed by atoms with Crippen LogP contribution in [0.1, 0.15) is 43.9 Å². The summed E-state index contributed by atoms with van der Waals surface area (Å²) < 4.78 is 27.9. The Balaban J connectivity index is 1.85. The normalized spacial score (nSPS) is 24.0. The number of nitrogens with one attached hydrogen (secondary N) is 2. The van der Waals surface area contributed by atoms with Crippen LogP contribution >= 0.6 is 0 Å². The van der Waals surface area contributed by atoms with Gasteiger partial charge in [-0.1, -0.05) is 12.8 Å². The van der Waals surface area contributed by atoms with Crippen molar-refractivity contribution in [2.24, 2.45) is 0 Å². The van der Waals surface area contributed by atoms with Crippen LogP contribution in [0.5, 0.6) is 0 Å². The molecule has 26 heavy (non-hydrogen) atoms. The van der Waals surface area contributed by atoms with E-state index in [1.807, 2.05) is 17.8 Å².